The fourth-order valence-electron chi connectivity index (χ4n) is 2.50. The van der Waals surface area contributed by atoms with Gasteiger partial charge < -0.3 is 13.9 Å². The highest BCUT2D eigenvalue weighted by Crippen LogP contribution is 2.30. The maximum absolute atomic E-state index is 12.2. The van der Waals surface area contributed by atoms with Gasteiger partial charge in [0.15, 0.2) is 11.5 Å². The van der Waals surface area contributed by atoms with Crippen molar-refractivity contribution in [1.82, 2.24) is 15.5 Å². The number of fused-ring (bicyclic) bond motifs is 1. The van der Waals surface area contributed by atoms with Gasteiger partial charge in [-0.25, -0.2) is 0 Å². The fourth-order valence-corrected chi connectivity index (χ4v) is 3.06. The van der Waals surface area contributed by atoms with Crippen LogP contribution in [-0.2, 0) is 9.59 Å². The zero-order chi connectivity index (χ0) is 19.3. The van der Waals surface area contributed by atoms with E-state index in [1.165, 1.54) is 0 Å². The second kappa shape index (κ2) is 8.13. The fraction of sp³-hybridized carbons (Fsp3) is 0.158. The number of imide groups is 1. The van der Waals surface area contributed by atoms with E-state index in [4.69, 9.17) is 13.9 Å². The Kier molecular flexibility index (Phi) is 5.24. The monoisotopic (exact) mass is 397 g/mol. The maximum atomic E-state index is 12.2. The standard InChI is InChI=1S/C19H15N3O5S/c23-16(11-28-19-22-21-18(27-19)12-6-2-1-3-7-12)20-17(24)15-10-25-13-8-4-5-9-14(13)26-15/h1-9,15H,10-11H2,(H,20,23,24)/t15-/m0/s1. The molecule has 0 spiro atoms. The van der Waals surface area contributed by atoms with Gasteiger partial charge in [-0.2, -0.15) is 0 Å². The Morgan fingerprint density at radius 2 is 1.79 bits per heavy atom. The lowest BCUT2D eigenvalue weighted by Crippen LogP contribution is -2.46. The Morgan fingerprint density at radius 1 is 1.04 bits per heavy atom. The molecule has 0 radical (unpaired) electrons. The Balaban J connectivity index is 1.28. The molecular formula is C19H15N3O5S. The predicted octanol–water partition coefficient (Wildman–Crippen LogP) is 2.31. The SMILES string of the molecule is O=C(CSc1nnc(-c2ccccc2)o1)NC(=O)[C@@H]1COc2ccccc2O1. The first-order chi connectivity index (χ1) is 13.7. The molecule has 1 N–H and O–H groups in total. The lowest BCUT2D eigenvalue weighted by atomic mass is 10.2. The first-order valence-corrected chi connectivity index (χ1v) is 9.41. The molecule has 9 heteroatoms. The zero-order valence-corrected chi connectivity index (χ0v) is 15.3. The molecule has 2 amide bonds. The number of thioether (sulfide) groups is 1. The summed E-state index contributed by atoms with van der Waals surface area (Å²) in [5.74, 6) is 0.305. The van der Waals surface area contributed by atoms with Gasteiger partial charge in [0.05, 0.1) is 5.75 Å². The number of hydrogen-bond donors (Lipinski definition) is 1. The summed E-state index contributed by atoms with van der Waals surface area (Å²) in [6, 6.07) is 16.3. The van der Waals surface area contributed by atoms with Crippen molar-refractivity contribution >= 4 is 23.6 Å². The van der Waals surface area contributed by atoms with Gasteiger partial charge in [0, 0.05) is 5.56 Å². The molecule has 8 nitrogen and oxygen atoms in total. The van der Waals surface area contributed by atoms with Crippen molar-refractivity contribution in [2.75, 3.05) is 12.4 Å². The largest absolute Gasteiger partial charge is 0.485 e. The third-order valence-electron chi connectivity index (χ3n) is 3.82. The molecule has 0 saturated carbocycles. The zero-order valence-electron chi connectivity index (χ0n) is 14.5. The normalized spacial score (nSPS) is 15.1. The number of rotatable bonds is 5. The van der Waals surface area contributed by atoms with Gasteiger partial charge in [0.1, 0.15) is 6.61 Å². The van der Waals surface area contributed by atoms with Crippen LogP contribution < -0.4 is 14.8 Å². The summed E-state index contributed by atoms with van der Waals surface area (Å²) in [6.07, 6.45) is -0.892. The van der Waals surface area contributed by atoms with Crippen LogP contribution in [0.3, 0.4) is 0 Å². The second-order valence-corrected chi connectivity index (χ2v) is 6.73. The summed E-state index contributed by atoms with van der Waals surface area (Å²) in [6.45, 7) is 0.0351. The number of benzene rings is 2. The first-order valence-electron chi connectivity index (χ1n) is 8.43. The van der Waals surface area contributed by atoms with Crippen LogP contribution in [0.1, 0.15) is 0 Å². The Bertz CT molecular complexity index is 992. The third-order valence-corrected chi connectivity index (χ3v) is 4.64. The van der Waals surface area contributed by atoms with Crippen LogP contribution in [0.25, 0.3) is 11.5 Å². The summed E-state index contributed by atoms with van der Waals surface area (Å²) in [4.78, 5) is 24.3. The van der Waals surface area contributed by atoms with Gasteiger partial charge in [-0.05, 0) is 24.3 Å². The van der Waals surface area contributed by atoms with E-state index >= 15 is 0 Å². The average Bonchev–Trinajstić information content (AvgIpc) is 3.22. The molecule has 1 aromatic heterocycles. The molecule has 0 saturated heterocycles. The number of amides is 2. The second-order valence-electron chi connectivity index (χ2n) is 5.80. The first kappa shape index (κ1) is 18.1. The molecular weight excluding hydrogens is 382 g/mol. The van der Waals surface area contributed by atoms with Gasteiger partial charge in [-0.15, -0.1) is 10.2 Å². The van der Waals surface area contributed by atoms with Gasteiger partial charge in [0.2, 0.25) is 17.9 Å². The molecule has 2 aromatic carbocycles. The van der Waals surface area contributed by atoms with Crippen LogP contribution in [0.5, 0.6) is 11.5 Å². The van der Waals surface area contributed by atoms with Crippen molar-refractivity contribution in [2.45, 2.75) is 11.3 Å². The smallest absolute Gasteiger partial charge is 0.277 e. The van der Waals surface area contributed by atoms with Crippen LogP contribution in [0.2, 0.25) is 0 Å². The quantitative estimate of drug-likeness (QED) is 0.654. The summed E-state index contributed by atoms with van der Waals surface area (Å²) < 4.78 is 16.6. The minimum Gasteiger partial charge on any atom is -0.485 e. The highest BCUT2D eigenvalue weighted by Gasteiger charge is 2.28. The Hall–Kier alpha value is -3.33. The van der Waals surface area contributed by atoms with Gasteiger partial charge in [-0.1, -0.05) is 42.1 Å². The van der Waals surface area contributed by atoms with Crippen molar-refractivity contribution in [3.63, 3.8) is 0 Å². The Morgan fingerprint density at radius 3 is 2.61 bits per heavy atom. The summed E-state index contributed by atoms with van der Waals surface area (Å²) in [5.41, 5.74) is 0.788. The van der Waals surface area contributed by atoms with Crippen molar-refractivity contribution in [3.8, 4) is 23.0 Å². The molecule has 1 atom stereocenters. The summed E-state index contributed by atoms with van der Waals surface area (Å²) in [5, 5.41) is 10.4. The topological polar surface area (TPSA) is 104 Å². The molecule has 142 valence electrons. The van der Waals surface area contributed by atoms with Crippen LogP contribution >= 0.6 is 11.8 Å². The summed E-state index contributed by atoms with van der Waals surface area (Å²) in [7, 11) is 0. The molecule has 1 aliphatic heterocycles. The van der Waals surface area contributed by atoms with Crippen molar-refractivity contribution < 1.29 is 23.5 Å². The number of para-hydroxylation sites is 2. The van der Waals surface area contributed by atoms with Gasteiger partial charge >= 0.3 is 0 Å². The minimum absolute atomic E-state index is 0.0351. The number of carbonyl (C=O) groups excluding carboxylic acids is 2. The number of carbonyl (C=O) groups is 2. The lowest BCUT2D eigenvalue weighted by molar-refractivity contribution is -0.135. The molecule has 0 bridgehead atoms. The van der Waals surface area contributed by atoms with E-state index in [-0.39, 0.29) is 17.6 Å². The van der Waals surface area contributed by atoms with Crippen LogP contribution in [-0.4, -0.2) is 40.5 Å². The van der Waals surface area contributed by atoms with Crippen LogP contribution in [0, 0.1) is 0 Å². The van der Waals surface area contributed by atoms with Crippen molar-refractivity contribution in [3.05, 3.63) is 54.6 Å². The molecule has 28 heavy (non-hydrogen) atoms. The van der Waals surface area contributed by atoms with Crippen LogP contribution in [0.4, 0.5) is 0 Å². The summed E-state index contributed by atoms with van der Waals surface area (Å²) >= 11 is 1.04. The minimum atomic E-state index is -0.892. The Labute approximate surface area is 164 Å². The molecule has 0 unspecified atom stereocenters. The number of nitrogens with zero attached hydrogens (tertiary/aromatic N) is 2. The average molecular weight is 397 g/mol. The van der Waals surface area contributed by atoms with Crippen molar-refractivity contribution in [1.29, 1.82) is 0 Å². The van der Waals surface area contributed by atoms with Crippen molar-refractivity contribution in [2.24, 2.45) is 0 Å². The number of nitrogens with one attached hydrogen (secondary N) is 1. The van der Waals surface area contributed by atoms with E-state index in [1.807, 2.05) is 36.4 Å². The lowest BCUT2D eigenvalue weighted by Gasteiger charge is -2.25. The van der Waals surface area contributed by atoms with Gasteiger partial charge in [0.25, 0.3) is 11.1 Å². The van der Waals surface area contributed by atoms with E-state index < -0.39 is 17.9 Å². The highest BCUT2D eigenvalue weighted by molar-refractivity contribution is 7.99. The van der Waals surface area contributed by atoms with E-state index in [0.29, 0.717) is 17.4 Å². The molecule has 1 aliphatic rings. The molecule has 4 rings (SSSR count). The van der Waals surface area contributed by atoms with E-state index in [1.54, 1.807) is 18.2 Å². The van der Waals surface area contributed by atoms with E-state index in [0.717, 1.165) is 17.3 Å². The van der Waals surface area contributed by atoms with E-state index in [2.05, 4.69) is 15.5 Å². The van der Waals surface area contributed by atoms with Gasteiger partial charge in [-0.3, -0.25) is 14.9 Å². The number of ether oxygens (including phenoxy) is 2. The molecule has 3 aromatic rings. The predicted molar refractivity (Wildman–Crippen MR) is 100.0 cm³/mol. The number of hydrogen-bond acceptors (Lipinski definition) is 8. The van der Waals surface area contributed by atoms with E-state index in [9.17, 15) is 9.59 Å². The maximum Gasteiger partial charge on any atom is 0.277 e. The molecule has 2 heterocycles. The third kappa shape index (κ3) is 4.15. The van der Waals surface area contributed by atoms with Crippen LogP contribution in [0.15, 0.2) is 64.2 Å². The molecule has 0 fully saturated rings. The number of aromatic nitrogens is 2. The highest BCUT2D eigenvalue weighted by atomic mass is 32.2. The molecule has 0 aliphatic carbocycles.